The summed E-state index contributed by atoms with van der Waals surface area (Å²) in [5, 5.41) is 4.06. The van der Waals surface area contributed by atoms with Crippen molar-refractivity contribution in [3.63, 3.8) is 0 Å². The average molecular weight is 293 g/mol. The van der Waals surface area contributed by atoms with E-state index in [1.807, 2.05) is 11.0 Å². The Hall–Kier alpha value is -1.06. The number of hydrogen-bond donors (Lipinski definition) is 1. The van der Waals surface area contributed by atoms with Crippen LogP contribution >= 0.6 is 11.6 Å². The molecule has 2 heterocycles. The summed E-state index contributed by atoms with van der Waals surface area (Å²) in [4.78, 5) is 14.8. The normalized spacial score (nSPS) is 24.8. The van der Waals surface area contributed by atoms with Gasteiger partial charge >= 0.3 is 0 Å². The van der Waals surface area contributed by atoms with E-state index in [0.29, 0.717) is 10.9 Å². The number of fused-ring (bicyclic) bond motifs is 3. The topological polar surface area (TPSA) is 32.3 Å². The van der Waals surface area contributed by atoms with Crippen LogP contribution in [0, 0.1) is 0 Å². The first kappa shape index (κ1) is 13.9. The van der Waals surface area contributed by atoms with E-state index in [1.54, 1.807) is 0 Å². The lowest BCUT2D eigenvalue weighted by Gasteiger charge is -2.38. The first-order valence-electron chi connectivity index (χ1n) is 7.51. The van der Waals surface area contributed by atoms with E-state index in [1.165, 1.54) is 5.56 Å². The second-order valence-corrected chi connectivity index (χ2v) is 6.13. The predicted octanol–water partition coefficient (Wildman–Crippen LogP) is 2.82. The molecule has 3 rings (SSSR count). The zero-order chi connectivity index (χ0) is 14.3. The highest BCUT2D eigenvalue weighted by molar-refractivity contribution is 6.34. The van der Waals surface area contributed by atoms with Crippen LogP contribution in [0.15, 0.2) is 12.1 Å². The van der Waals surface area contributed by atoms with E-state index in [4.69, 9.17) is 11.6 Å². The van der Waals surface area contributed by atoms with Gasteiger partial charge in [-0.3, -0.25) is 4.79 Å². The van der Waals surface area contributed by atoms with Gasteiger partial charge in [-0.2, -0.15) is 0 Å². The molecule has 20 heavy (non-hydrogen) atoms. The molecular weight excluding hydrogens is 272 g/mol. The maximum Gasteiger partial charge on any atom is 0.255 e. The lowest BCUT2D eigenvalue weighted by Crippen LogP contribution is -2.48. The number of carbonyl (C=O) groups excluding carboxylic acids is 1. The average Bonchev–Trinajstić information content (AvgIpc) is 2.92. The van der Waals surface area contributed by atoms with Gasteiger partial charge in [-0.15, -0.1) is 0 Å². The van der Waals surface area contributed by atoms with Gasteiger partial charge in [0.15, 0.2) is 0 Å². The van der Waals surface area contributed by atoms with Crippen LogP contribution in [0.2, 0.25) is 5.02 Å². The summed E-state index contributed by atoms with van der Waals surface area (Å²) < 4.78 is 0. The van der Waals surface area contributed by atoms with Crippen LogP contribution in [0.25, 0.3) is 0 Å². The van der Waals surface area contributed by atoms with Crippen molar-refractivity contribution in [2.75, 3.05) is 19.6 Å². The Balaban J connectivity index is 2.13. The second-order valence-electron chi connectivity index (χ2n) is 5.73. The fourth-order valence-electron chi connectivity index (χ4n) is 3.52. The van der Waals surface area contributed by atoms with Gasteiger partial charge in [0.25, 0.3) is 5.91 Å². The minimum Gasteiger partial charge on any atom is -0.334 e. The molecule has 1 unspecified atom stereocenters. The molecule has 0 bridgehead atoms. The Morgan fingerprint density at radius 3 is 2.85 bits per heavy atom. The number of nitrogens with zero attached hydrogens (tertiary/aromatic N) is 1. The van der Waals surface area contributed by atoms with Crippen LogP contribution in [0.4, 0.5) is 0 Å². The van der Waals surface area contributed by atoms with E-state index >= 15 is 0 Å². The molecule has 0 saturated carbocycles. The van der Waals surface area contributed by atoms with Crippen LogP contribution in [0.1, 0.15) is 47.7 Å². The molecular formula is C16H21ClN2O. The third-order valence-corrected chi connectivity index (χ3v) is 4.81. The minimum absolute atomic E-state index is 0.111. The van der Waals surface area contributed by atoms with Gasteiger partial charge in [-0.05, 0) is 30.0 Å². The third-order valence-electron chi connectivity index (χ3n) is 4.51. The van der Waals surface area contributed by atoms with Crippen molar-refractivity contribution in [2.24, 2.45) is 0 Å². The molecule has 1 aromatic rings. The van der Waals surface area contributed by atoms with E-state index in [0.717, 1.165) is 43.6 Å². The predicted molar refractivity (Wildman–Crippen MR) is 81.6 cm³/mol. The molecule has 1 amide bonds. The molecule has 0 aromatic heterocycles. The van der Waals surface area contributed by atoms with Crippen LogP contribution in [-0.4, -0.2) is 36.5 Å². The van der Waals surface area contributed by atoms with E-state index in [-0.39, 0.29) is 11.9 Å². The maximum atomic E-state index is 12.8. The number of rotatable bonds is 3. The van der Waals surface area contributed by atoms with Crippen LogP contribution < -0.4 is 5.32 Å². The van der Waals surface area contributed by atoms with Crippen molar-refractivity contribution in [3.05, 3.63) is 33.8 Å². The number of benzene rings is 1. The summed E-state index contributed by atoms with van der Waals surface area (Å²) in [7, 11) is 0. The Morgan fingerprint density at radius 2 is 2.15 bits per heavy atom. The largest absolute Gasteiger partial charge is 0.334 e. The highest BCUT2D eigenvalue weighted by atomic mass is 35.5. The minimum atomic E-state index is 0.111. The van der Waals surface area contributed by atoms with Crippen molar-refractivity contribution < 1.29 is 4.79 Å². The number of hydrogen-bond acceptors (Lipinski definition) is 2. The molecule has 1 aromatic carbocycles. The Labute approximate surface area is 125 Å². The summed E-state index contributed by atoms with van der Waals surface area (Å²) in [6, 6.07) is 4.43. The molecule has 2 aliphatic heterocycles. The lowest BCUT2D eigenvalue weighted by atomic mass is 9.83. The van der Waals surface area contributed by atoms with E-state index in [2.05, 4.69) is 25.2 Å². The van der Waals surface area contributed by atoms with E-state index < -0.39 is 0 Å². The van der Waals surface area contributed by atoms with Crippen LogP contribution in [0.3, 0.4) is 0 Å². The SMILES string of the molecule is CCCN1C(=O)c2c(Cl)cc(CC)cc2[C@H]2CNCC21. The van der Waals surface area contributed by atoms with Gasteiger partial charge < -0.3 is 10.2 Å². The van der Waals surface area contributed by atoms with Crippen LogP contribution in [-0.2, 0) is 6.42 Å². The number of amides is 1. The molecule has 2 atom stereocenters. The molecule has 1 saturated heterocycles. The van der Waals surface area contributed by atoms with Crippen molar-refractivity contribution in [1.82, 2.24) is 10.2 Å². The maximum absolute atomic E-state index is 12.8. The number of carbonyl (C=O) groups is 1. The zero-order valence-corrected chi connectivity index (χ0v) is 12.8. The van der Waals surface area contributed by atoms with Crippen molar-refractivity contribution >= 4 is 17.5 Å². The number of halogens is 1. The van der Waals surface area contributed by atoms with E-state index in [9.17, 15) is 4.79 Å². The summed E-state index contributed by atoms with van der Waals surface area (Å²) in [6.45, 7) is 6.88. The second kappa shape index (κ2) is 5.38. The molecule has 4 heteroatoms. The number of aryl methyl sites for hydroxylation is 1. The summed E-state index contributed by atoms with van der Waals surface area (Å²) in [5.74, 6) is 0.498. The highest BCUT2D eigenvalue weighted by Gasteiger charge is 2.42. The fraction of sp³-hybridized carbons (Fsp3) is 0.562. The first-order valence-corrected chi connectivity index (χ1v) is 7.89. The molecule has 0 spiro atoms. The summed E-state index contributed by atoms with van der Waals surface area (Å²) in [6.07, 6.45) is 1.93. The van der Waals surface area contributed by atoms with Crippen molar-refractivity contribution in [2.45, 2.75) is 38.6 Å². The molecule has 0 aliphatic carbocycles. The zero-order valence-electron chi connectivity index (χ0n) is 12.1. The third kappa shape index (κ3) is 2.04. The summed E-state index contributed by atoms with van der Waals surface area (Å²) >= 11 is 6.41. The summed E-state index contributed by atoms with van der Waals surface area (Å²) in [5.41, 5.74) is 3.11. The lowest BCUT2D eigenvalue weighted by molar-refractivity contribution is 0.0649. The van der Waals surface area contributed by atoms with Gasteiger partial charge in [-0.1, -0.05) is 31.5 Å². The first-order chi connectivity index (χ1) is 9.67. The monoisotopic (exact) mass is 292 g/mol. The Morgan fingerprint density at radius 1 is 1.35 bits per heavy atom. The molecule has 1 fully saturated rings. The quantitative estimate of drug-likeness (QED) is 0.929. The van der Waals surface area contributed by atoms with Crippen molar-refractivity contribution in [3.8, 4) is 0 Å². The Kier molecular flexibility index (Phi) is 3.74. The number of nitrogens with one attached hydrogen (secondary N) is 1. The van der Waals surface area contributed by atoms with Crippen LogP contribution in [0.5, 0.6) is 0 Å². The molecule has 3 nitrogen and oxygen atoms in total. The molecule has 1 N–H and O–H groups in total. The van der Waals surface area contributed by atoms with Gasteiger partial charge in [-0.25, -0.2) is 0 Å². The molecule has 0 radical (unpaired) electrons. The molecule has 108 valence electrons. The highest BCUT2D eigenvalue weighted by Crippen LogP contribution is 2.39. The van der Waals surface area contributed by atoms with Gasteiger partial charge in [0.05, 0.1) is 16.6 Å². The van der Waals surface area contributed by atoms with Crippen molar-refractivity contribution in [1.29, 1.82) is 0 Å². The van der Waals surface area contributed by atoms with Gasteiger partial charge in [0.1, 0.15) is 0 Å². The Bertz CT molecular complexity index is 544. The molecule has 2 aliphatic rings. The standard InChI is InChI=1S/C16H21ClN2O/c1-3-5-19-14-9-18-8-12(14)11-6-10(4-2)7-13(17)15(11)16(19)20/h6-7,12,14,18H,3-5,8-9H2,1-2H3/t12-,14?/m1/s1. The van der Waals surface area contributed by atoms with Gasteiger partial charge in [0, 0.05) is 25.6 Å². The van der Waals surface area contributed by atoms with Gasteiger partial charge in [0.2, 0.25) is 0 Å². The smallest absolute Gasteiger partial charge is 0.255 e. The fourth-order valence-corrected chi connectivity index (χ4v) is 3.85.